The molecule has 2 N–H and O–H groups in total. The second-order valence-electron chi connectivity index (χ2n) is 3.08. The Kier molecular flexibility index (Phi) is 1.88. The number of hydrogen-bond acceptors (Lipinski definition) is 2. The molecule has 0 bridgehead atoms. The van der Waals surface area contributed by atoms with E-state index in [0.29, 0.717) is 5.82 Å². The molecule has 4 nitrogen and oxygen atoms in total. The Hall–Kier alpha value is -1.58. The Morgan fingerprint density at radius 1 is 1.54 bits per heavy atom. The highest BCUT2D eigenvalue weighted by Gasteiger charge is 2.16. The largest absolute Gasteiger partial charge is 0.465 e. The Morgan fingerprint density at radius 3 is 3.15 bits per heavy atom. The first-order chi connectivity index (χ1) is 6.27. The number of hydrogen-bond donors (Lipinski definition) is 2. The third-order valence-electron chi connectivity index (χ3n) is 2.25. The van der Waals surface area contributed by atoms with Crippen LogP contribution in [0.2, 0.25) is 0 Å². The predicted octanol–water partition coefficient (Wildman–Crippen LogP) is 1.66. The first kappa shape index (κ1) is 8.04. The molecule has 1 aromatic rings. The van der Waals surface area contributed by atoms with Gasteiger partial charge in [-0.1, -0.05) is 0 Å². The van der Waals surface area contributed by atoms with Crippen molar-refractivity contribution >= 4 is 11.9 Å². The highest BCUT2D eigenvalue weighted by molar-refractivity contribution is 5.82. The summed E-state index contributed by atoms with van der Waals surface area (Å²) in [6.45, 7) is 0. The Bertz CT molecular complexity index is 349. The molecule has 0 atom stereocenters. The van der Waals surface area contributed by atoms with Gasteiger partial charge in [0.25, 0.3) is 0 Å². The molecule has 0 aromatic carbocycles. The van der Waals surface area contributed by atoms with Crippen molar-refractivity contribution in [3.05, 3.63) is 23.4 Å². The zero-order valence-corrected chi connectivity index (χ0v) is 7.08. The van der Waals surface area contributed by atoms with E-state index >= 15 is 0 Å². The van der Waals surface area contributed by atoms with Crippen LogP contribution in [0.25, 0.3) is 0 Å². The molecule has 0 spiro atoms. The van der Waals surface area contributed by atoms with Gasteiger partial charge in [0.05, 0.1) is 0 Å². The fraction of sp³-hybridized carbons (Fsp3) is 0.333. The van der Waals surface area contributed by atoms with E-state index < -0.39 is 6.09 Å². The van der Waals surface area contributed by atoms with Crippen molar-refractivity contribution < 1.29 is 9.90 Å². The number of rotatable bonds is 1. The van der Waals surface area contributed by atoms with Gasteiger partial charge in [0.1, 0.15) is 5.82 Å². The SMILES string of the molecule is O=C(O)Nc1nccc2c1CCC2. The molecule has 4 heteroatoms. The van der Waals surface area contributed by atoms with Crippen LogP contribution in [0.5, 0.6) is 0 Å². The lowest BCUT2D eigenvalue weighted by molar-refractivity contribution is 0.209. The minimum atomic E-state index is -1.05. The van der Waals surface area contributed by atoms with E-state index in [1.807, 2.05) is 6.07 Å². The summed E-state index contributed by atoms with van der Waals surface area (Å²) in [5.74, 6) is 0.502. The van der Waals surface area contributed by atoms with Crippen molar-refractivity contribution in [3.8, 4) is 0 Å². The molecule has 1 aromatic heterocycles. The molecular weight excluding hydrogens is 168 g/mol. The number of aromatic nitrogens is 1. The number of aryl methyl sites for hydroxylation is 1. The van der Waals surface area contributed by atoms with Crippen molar-refractivity contribution in [2.24, 2.45) is 0 Å². The van der Waals surface area contributed by atoms with Gasteiger partial charge in [0, 0.05) is 6.20 Å². The Morgan fingerprint density at radius 2 is 2.38 bits per heavy atom. The van der Waals surface area contributed by atoms with Crippen LogP contribution < -0.4 is 5.32 Å². The van der Waals surface area contributed by atoms with Crippen LogP contribution in [-0.4, -0.2) is 16.2 Å². The molecule has 68 valence electrons. The summed E-state index contributed by atoms with van der Waals surface area (Å²) in [4.78, 5) is 14.4. The first-order valence-corrected chi connectivity index (χ1v) is 4.24. The van der Waals surface area contributed by atoms with Crippen LogP contribution in [0, 0.1) is 0 Å². The molecule has 0 radical (unpaired) electrons. The van der Waals surface area contributed by atoms with Crippen molar-refractivity contribution in [3.63, 3.8) is 0 Å². The monoisotopic (exact) mass is 178 g/mol. The van der Waals surface area contributed by atoms with Gasteiger partial charge in [-0.05, 0) is 36.5 Å². The normalized spacial score (nSPS) is 13.8. The summed E-state index contributed by atoms with van der Waals surface area (Å²) in [5, 5.41) is 10.9. The highest BCUT2D eigenvalue weighted by atomic mass is 16.4. The number of nitrogens with one attached hydrogen (secondary N) is 1. The van der Waals surface area contributed by atoms with Crippen molar-refractivity contribution in [1.82, 2.24) is 4.98 Å². The number of fused-ring (bicyclic) bond motifs is 1. The number of carboxylic acid groups (broad SMARTS) is 1. The van der Waals surface area contributed by atoms with E-state index in [4.69, 9.17) is 5.11 Å². The van der Waals surface area contributed by atoms with E-state index in [0.717, 1.165) is 24.8 Å². The minimum Gasteiger partial charge on any atom is -0.465 e. The highest BCUT2D eigenvalue weighted by Crippen LogP contribution is 2.26. The summed E-state index contributed by atoms with van der Waals surface area (Å²) in [6, 6.07) is 1.95. The van der Waals surface area contributed by atoms with Gasteiger partial charge >= 0.3 is 6.09 Å². The topological polar surface area (TPSA) is 62.2 Å². The average Bonchev–Trinajstić information content (AvgIpc) is 2.51. The molecule has 0 fully saturated rings. The number of nitrogens with zero attached hydrogens (tertiary/aromatic N) is 1. The van der Waals surface area contributed by atoms with Crippen LogP contribution in [0.1, 0.15) is 17.5 Å². The van der Waals surface area contributed by atoms with E-state index in [2.05, 4.69) is 10.3 Å². The van der Waals surface area contributed by atoms with Gasteiger partial charge in [-0.2, -0.15) is 0 Å². The third kappa shape index (κ3) is 1.47. The second kappa shape index (κ2) is 3.05. The van der Waals surface area contributed by atoms with Crippen LogP contribution in [0.4, 0.5) is 10.6 Å². The second-order valence-corrected chi connectivity index (χ2v) is 3.08. The van der Waals surface area contributed by atoms with E-state index in [1.165, 1.54) is 5.56 Å². The third-order valence-corrected chi connectivity index (χ3v) is 2.25. The van der Waals surface area contributed by atoms with Gasteiger partial charge in [-0.25, -0.2) is 9.78 Å². The lowest BCUT2D eigenvalue weighted by Crippen LogP contribution is -2.10. The molecule has 1 amide bonds. The maximum absolute atomic E-state index is 10.4. The molecule has 2 rings (SSSR count). The van der Waals surface area contributed by atoms with E-state index in [1.54, 1.807) is 6.20 Å². The quantitative estimate of drug-likeness (QED) is 0.687. The van der Waals surface area contributed by atoms with Gasteiger partial charge in [0.15, 0.2) is 0 Å². The Balaban J connectivity index is 2.36. The lowest BCUT2D eigenvalue weighted by Gasteiger charge is -2.05. The molecule has 0 saturated carbocycles. The molecule has 1 heterocycles. The number of carbonyl (C=O) groups is 1. The van der Waals surface area contributed by atoms with Crippen molar-refractivity contribution in [2.45, 2.75) is 19.3 Å². The standard InChI is InChI=1S/C9H10N2O2/c12-9(13)11-8-7-3-1-2-6(7)4-5-10-8/h4-5H,1-3H2,(H,10,11)(H,12,13). The first-order valence-electron chi connectivity index (χ1n) is 4.24. The average molecular weight is 178 g/mol. The zero-order chi connectivity index (χ0) is 9.26. The summed E-state index contributed by atoms with van der Waals surface area (Å²) >= 11 is 0. The molecule has 0 aliphatic heterocycles. The smallest absolute Gasteiger partial charge is 0.410 e. The van der Waals surface area contributed by atoms with Crippen LogP contribution >= 0.6 is 0 Å². The van der Waals surface area contributed by atoms with Crippen molar-refractivity contribution in [2.75, 3.05) is 5.32 Å². The number of anilines is 1. The minimum absolute atomic E-state index is 0.502. The number of pyridine rings is 1. The van der Waals surface area contributed by atoms with Crippen LogP contribution in [0.3, 0.4) is 0 Å². The molecule has 1 aliphatic rings. The van der Waals surface area contributed by atoms with Gasteiger partial charge in [0.2, 0.25) is 0 Å². The number of amides is 1. The summed E-state index contributed by atoms with van der Waals surface area (Å²) < 4.78 is 0. The maximum atomic E-state index is 10.4. The summed E-state index contributed by atoms with van der Waals surface area (Å²) in [7, 11) is 0. The molecular formula is C9H10N2O2. The molecule has 0 unspecified atom stereocenters. The maximum Gasteiger partial charge on any atom is 0.410 e. The van der Waals surface area contributed by atoms with Crippen LogP contribution in [-0.2, 0) is 12.8 Å². The zero-order valence-electron chi connectivity index (χ0n) is 7.08. The van der Waals surface area contributed by atoms with Gasteiger partial charge in [-0.3, -0.25) is 5.32 Å². The van der Waals surface area contributed by atoms with Crippen molar-refractivity contribution in [1.29, 1.82) is 0 Å². The molecule has 0 saturated heterocycles. The molecule has 13 heavy (non-hydrogen) atoms. The van der Waals surface area contributed by atoms with E-state index in [-0.39, 0.29) is 0 Å². The fourth-order valence-corrected chi connectivity index (χ4v) is 1.71. The lowest BCUT2D eigenvalue weighted by atomic mass is 10.2. The van der Waals surface area contributed by atoms with Gasteiger partial charge < -0.3 is 5.11 Å². The van der Waals surface area contributed by atoms with E-state index in [9.17, 15) is 4.79 Å². The summed E-state index contributed by atoms with van der Waals surface area (Å²) in [6.07, 6.45) is 3.66. The molecule has 1 aliphatic carbocycles. The van der Waals surface area contributed by atoms with Crippen LogP contribution in [0.15, 0.2) is 12.3 Å². The summed E-state index contributed by atoms with van der Waals surface area (Å²) in [5.41, 5.74) is 2.28. The van der Waals surface area contributed by atoms with Gasteiger partial charge in [-0.15, -0.1) is 0 Å². The Labute approximate surface area is 75.6 Å². The predicted molar refractivity (Wildman–Crippen MR) is 47.9 cm³/mol. The fourth-order valence-electron chi connectivity index (χ4n) is 1.71.